The van der Waals surface area contributed by atoms with Crippen LogP contribution in [0.1, 0.15) is 43.5 Å². The van der Waals surface area contributed by atoms with Crippen LogP contribution in [-0.4, -0.2) is 53.5 Å². The first kappa shape index (κ1) is 24.8. The number of carbonyl (C=O) groups excluding carboxylic acids is 2. The van der Waals surface area contributed by atoms with Gasteiger partial charge in [0, 0.05) is 24.2 Å². The Kier molecular flexibility index (Phi) is 7.29. The van der Waals surface area contributed by atoms with Gasteiger partial charge in [0.15, 0.2) is 6.04 Å². The minimum Gasteiger partial charge on any atom is -0.496 e. The second kappa shape index (κ2) is 9.98. The maximum Gasteiger partial charge on any atom is 0.411 e. The van der Waals surface area contributed by atoms with Gasteiger partial charge in [-0.2, -0.15) is 0 Å². The minimum atomic E-state index is -0.929. The van der Waals surface area contributed by atoms with E-state index in [4.69, 9.17) is 24.2 Å². The molecule has 10 nitrogen and oxygen atoms in total. The molecule has 0 saturated carbocycles. The molecule has 182 valence electrons. The standard InChI is InChI=1S/C24H29N2O8/c1-24(2,3)34-23(28)25-11-10-15-13-18(7-8-19(15)21(25)22(27)32-5)33-14-16-12-17(26(29)30)6-9-20(16)31-4/h6-9,12-13,21H,10-11,14H2,1-5H3,(H,29,30)/q+1/t21-/m1/s1. The van der Waals surface area contributed by atoms with Gasteiger partial charge in [-0.3, -0.25) is 4.90 Å². The van der Waals surface area contributed by atoms with Gasteiger partial charge in [0.25, 0.3) is 4.92 Å². The second-order valence-corrected chi connectivity index (χ2v) is 8.77. The Labute approximate surface area is 197 Å². The van der Waals surface area contributed by atoms with Crippen molar-refractivity contribution in [2.75, 3.05) is 20.8 Å². The number of amides is 1. The highest BCUT2D eigenvalue weighted by Gasteiger charge is 2.39. The van der Waals surface area contributed by atoms with Crippen molar-refractivity contribution >= 4 is 17.7 Å². The molecule has 3 rings (SSSR count). The summed E-state index contributed by atoms with van der Waals surface area (Å²) in [6, 6.07) is 8.75. The van der Waals surface area contributed by atoms with Crippen molar-refractivity contribution in [1.82, 2.24) is 4.90 Å². The predicted octanol–water partition coefficient (Wildman–Crippen LogP) is 4.08. The lowest BCUT2D eigenvalue weighted by atomic mass is 9.92. The molecule has 10 heteroatoms. The summed E-state index contributed by atoms with van der Waals surface area (Å²) in [6.07, 6.45) is -0.0922. The maximum atomic E-state index is 12.7. The van der Waals surface area contributed by atoms with E-state index in [1.165, 1.54) is 31.3 Å². The lowest BCUT2D eigenvalue weighted by Gasteiger charge is -2.36. The number of esters is 1. The number of methoxy groups -OCH3 is 2. The third-order valence-corrected chi connectivity index (χ3v) is 5.27. The van der Waals surface area contributed by atoms with Crippen molar-refractivity contribution in [1.29, 1.82) is 0 Å². The van der Waals surface area contributed by atoms with E-state index in [0.29, 0.717) is 29.0 Å². The Bertz CT molecular complexity index is 1090. The number of fused-ring (bicyclic) bond motifs is 1. The summed E-state index contributed by atoms with van der Waals surface area (Å²) in [7, 11) is 2.77. The number of benzene rings is 2. The largest absolute Gasteiger partial charge is 0.496 e. The zero-order chi connectivity index (χ0) is 25.0. The fourth-order valence-electron chi connectivity index (χ4n) is 3.73. The lowest BCUT2D eigenvalue weighted by Crippen LogP contribution is -2.46. The van der Waals surface area contributed by atoms with Gasteiger partial charge in [0.1, 0.15) is 23.7 Å². The number of rotatable bonds is 6. The van der Waals surface area contributed by atoms with Gasteiger partial charge in [-0.1, -0.05) is 6.07 Å². The third-order valence-electron chi connectivity index (χ3n) is 5.27. The van der Waals surface area contributed by atoms with Gasteiger partial charge in [-0.15, -0.1) is 0 Å². The summed E-state index contributed by atoms with van der Waals surface area (Å²) in [5, 5.41) is 9.16. The van der Waals surface area contributed by atoms with Crippen LogP contribution in [-0.2, 0) is 27.3 Å². The quantitative estimate of drug-likeness (QED) is 0.493. The van der Waals surface area contributed by atoms with E-state index in [9.17, 15) is 14.5 Å². The molecule has 1 aliphatic heterocycles. The molecule has 0 bridgehead atoms. The highest BCUT2D eigenvalue weighted by molar-refractivity contribution is 5.84. The SMILES string of the molecule is COC(=O)[C@H]1c2ccc(OCc3cc([N+](=O)O)ccc3OC)cc2CCN1C(=O)OC(C)(C)C. The zero-order valence-electron chi connectivity index (χ0n) is 19.9. The smallest absolute Gasteiger partial charge is 0.411 e. The highest BCUT2D eigenvalue weighted by atomic mass is 16.6. The Balaban J connectivity index is 1.84. The first-order valence-corrected chi connectivity index (χ1v) is 10.7. The van der Waals surface area contributed by atoms with Crippen LogP contribution in [0.15, 0.2) is 36.4 Å². The van der Waals surface area contributed by atoms with Crippen LogP contribution in [0.25, 0.3) is 0 Å². The fraction of sp³-hybridized carbons (Fsp3) is 0.417. The van der Waals surface area contributed by atoms with Crippen molar-refractivity contribution < 1.29 is 38.7 Å². The van der Waals surface area contributed by atoms with Crippen LogP contribution in [0.5, 0.6) is 11.5 Å². The molecule has 0 saturated heterocycles. The zero-order valence-corrected chi connectivity index (χ0v) is 19.9. The number of carbonyl (C=O) groups is 2. The molecule has 0 aromatic heterocycles. The van der Waals surface area contributed by atoms with E-state index in [1.54, 1.807) is 45.0 Å². The fourth-order valence-corrected chi connectivity index (χ4v) is 3.73. The molecule has 34 heavy (non-hydrogen) atoms. The molecule has 0 spiro atoms. The van der Waals surface area contributed by atoms with E-state index >= 15 is 0 Å². The monoisotopic (exact) mass is 473 g/mol. The first-order valence-electron chi connectivity index (χ1n) is 10.7. The normalized spacial score (nSPS) is 15.2. The Hall–Kier alpha value is -3.82. The van der Waals surface area contributed by atoms with Gasteiger partial charge in [0.2, 0.25) is 0 Å². The van der Waals surface area contributed by atoms with Gasteiger partial charge >= 0.3 is 17.7 Å². The minimum absolute atomic E-state index is 0.0491. The molecule has 1 amide bonds. The Morgan fingerprint density at radius 1 is 1.15 bits per heavy atom. The maximum absolute atomic E-state index is 12.7. The summed E-state index contributed by atoms with van der Waals surface area (Å²) in [4.78, 5) is 37.7. The molecule has 1 atom stereocenters. The molecule has 1 N–H and O–H groups in total. The average Bonchev–Trinajstić information content (AvgIpc) is 2.79. The van der Waals surface area contributed by atoms with Gasteiger partial charge in [-0.25, -0.2) is 14.8 Å². The van der Waals surface area contributed by atoms with E-state index < -0.39 is 23.7 Å². The highest BCUT2D eigenvalue weighted by Crippen LogP contribution is 2.34. The molecule has 2 aromatic rings. The topological polar surface area (TPSA) is 115 Å². The summed E-state index contributed by atoms with van der Waals surface area (Å²) >= 11 is 0. The molecule has 0 aliphatic carbocycles. The molecule has 0 fully saturated rings. The Morgan fingerprint density at radius 3 is 2.50 bits per heavy atom. The van der Waals surface area contributed by atoms with Crippen molar-refractivity contribution in [2.45, 2.75) is 45.4 Å². The van der Waals surface area contributed by atoms with Crippen molar-refractivity contribution in [3.05, 3.63) is 58.0 Å². The van der Waals surface area contributed by atoms with Gasteiger partial charge in [0.05, 0.1) is 19.1 Å². The molecular formula is C24H29N2O8+. The number of nitrogens with zero attached hydrogens (tertiary/aromatic N) is 2. The number of hydrogen-bond donors (Lipinski definition) is 1. The van der Waals surface area contributed by atoms with E-state index in [1.807, 2.05) is 0 Å². The second-order valence-electron chi connectivity index (χ2n) is 8.77. The van der Waals surface area contributed by atoms with Crippen molar-refractivity contribution in [3.8, 4) is 11.5 Å². The first-order chi connectivity index (χ1) is 16.0. The lowest BCUT2D eigenvalue weighted by molar-refractivity contribution is -0.729. The van der Waals surface area contributed by atoms with E-state index in [-0.39, 0.29) is 23.8 Å². The third kappa shape index (κ3) is 5.56. The van der Waals surface area contributed by atoms with E-state index in [0.717, 1.165) is 5.56 Å². The van der Waals surface area contributed by atoms with Crippen LogP contribution in [0.3, 0.4) is 0 Å². The molecule has 2 aromatic carbocycles. The van der Waals surface area contributed by atoms with Crippen LogP contribution in [0.4, 0.5) is 10.5 Å². The van der Waals surface area contributed by atoms with Crippen LogP contribution < -0.4 is 9.47 Å². The molecule has 0 unspecified atom stereocenters. The van der Waals surface area contributed by atoms with Crippen LogP contribution in [0.2, 0.25) is 0 Å². The number of hydrogen-bond acceptors (Lipinski definition) is 7. The summed E-state index contributed by atoms with van der Waals surface area (Å²) in [6.45, 7) is 5.64. The molecule has 0 radical (unpaired) electrons. The molecule has 1 aliphatic rings. The summed E-state index contributed by atoms with van der Waals surface area (Å²) in [5.41, 5.74) is 1.39. The Morgan fingerprint density at radius 2 is 1.88 bits per heavy atom. The molecule has 1 heterocycles. The van der Waals surface area contributed by atoms with Crippen molar-refractivity contribution in [2.24, 2.45) is 0 Å². The average molecular weight is 474 g/mol. The van der Waals surface area contributed by atoms with Crippen LogP contribution >= 0.6 is 0 Å². The van der Waals surface area contributed by atoms with Gasteiger partial charge < -0.3 is 18.9 Å². The van der Waals surface area contributed by atoms with Crippen LogP contribution in [0, 0.1) is 4.91 Å². The van der Waals surface area contributed by atoms with Gasteiger partial charge in [-0.05, 0) is 56.5 Å². The molecular weight excluding hydrogens is 444 g/mol. The summed E-state index contributed by atoms with van der Waals surface area (Å²) in [5.74, 6) is 0.471. The summed E-state index contributed by atoms with van der Waals surface area (Å²) < 4.78 is 21.6. The predicted molar refractivity (Wildman–Crippen MR) is 120 cm³/mol. The number of ether oxygens (including phenoxy) is 4. The van der Waals surface area contributed by atoms with E-state index in [2.05, 4.69) is 0 Å². The van der Waals surface area contributed by atoms with Crippen molar-refractivity contribution in [3.63, 3.8) is 0 Å².